The molecule has 1 aliphatic carbocycles. The van der Waals surface area contributed by atoms with Crippen LogP contribution in [-0.4, -0.2) is 47.5 Å². The van der Waals surface area contributed by atoms with Gasteiger partial charge in [0.1, 0.15) is 11.6 Å². The number of carbonyl (C=O) groups excluding carboxylic acids is 1. The van der Waals surface area contributed by atoms with Crippen LogP contribution >= 0.6 is 0 Å². The average molecular weight is 405 g/mol. The molecule has 1 saturated carbocycles. The molecule has 6 heteroatoms. The number of hydrogen-bond acceptors (Lipinski definition) is 4. The topological polar surface area (TPSA) is 70.2 Å². The molecule has 30 heavy (non-hydrogen) atoms. The monoisotopic (exact) mass is 404 g/mol. The number of rotatable bonds is 6. The highest BCUT2D eigenvalue weighted by molar-refractivity contribution is 5.94. The van der Waals surface area contributed by atoms with Gasteiger partial charge in [-0.15, -0.1) is 0 Å². The van der Waals surface area contributed by atoms with Gasteiger partial charge < -0.3 is 19.9 Å². The van der Waals surface area contributed by atoms with Crippen molar-refractivity contribution in [1.82, 2.24) is 14.9 Å². The van der Waals surface area contributed by atoms with Crippen LogP contribution in [0.15, 0.2) is 42.7 Å². The Bertz CT molecular complexity index is 1030. The van der Waals surface area contributed by atoms with Crippen LogP contribution in [0.25, 0.3) is 10.9 Å². The van der Waals surface area contributed by atoms with E-state index in [4.69, 9.17) is 4.74 Å². The van der Waals surface area contributed by atoms with E-state index < -0.39 is 0 Å². The summed E-state index contributed by atoms with van der Waals surface area (Å²) < 4.78 is 5.39. The van der Waals surface area contributed by atoms with E-state index in [0.29, 0.717) is 11.5 Å². The molecule has 2 aliphatic rings. The number of methoxy groups -OCH3 is 1. The smallest absolute Gasteiger partial charge is 0.255 e. The SMILES string of the molecule is COc1ccc2[nH]cc(C3CCN(C(=O)c4ccc(NCC5CC5)nc4)CC3)c2c1. The maximum Gasteiger partial charge on any atom is 0.255 e. The Hall–Kier alpha value is -3.02. The number of amides is 1. The number of aromatic amines is 1. The van der Waals surface area contributed by atoms with Crippen LogP contribution in [0.5, 0.6) is 5.75 Å². The molecule has 0 unspecified atom stereocenters. The van der Waals surface area contributed by atoms with Crippen LogP contribution in [0.3, 0.4) is 0 Å². The summed E-state index contributed by atoms with van der Waals surface area (Å²) in [5, 5.41) is 4.57. The number of pyridine rings is 1. The van der Waals surface area contributed by atoms with Crippen molar-refractivity contribution in [3.8, 4) is 5.75 Å². The van der Waals surface area contributed by atoms with E-state index in [0.717, 1.165) is 55.5 Å². The zero-order chi connectivity index (χ0) is 20.5. The fourth-order valence-corrected chi connectivity index (χ4v) is 4.36. The number of H-pyrrole nitrogens is 1. The van der Waals surface area contributed by atoms with Crippen molar-refractivity contribution < 1.29 is 9.53 Å². The third-order valence-electron chi connectivity index (χ3n) is 6.42. The van der Waals surface area contributed by atoms with Crippen molar-refractivity contribution in [3.05, 3.63) is 53.9 Å². The standard InChI is InChI=1S/C24H28N4O2/c1-30-19-5-6-22-20(12-19)21(15-25-22)17-8-10-28(11-9-17)24(29)18-4-7-23(27-14-18)26-13-16-2-3-16/h4-7,12,14-17,25H,2-3,8-11,13H2,1H3,(H,26,27). The number of nitrogens with zero attached hydrogens (tertiary/aromatic N) is 2. The van der Waals surface area contributed by atoms with Gasteiger partial charge in [0.15, 0.2) is 0 Å². The first kappa shape index (κ1) is 19.0. The fraction of sp³-hybridized carbons (Fsp3) is 0.417. The predicted octanol–water partition coefficient (Wildman–Crippen LogP) is 4.41. The highest BCUT2D eigenvalue weighted by Crippen LogP contribution is 2.35. The molecular formula is C24H28N4O2. The lowest BCUT2D eigenvalue weighted by Gasteiger charge is -2.32. The molecule has 1 aliphatic heterocycles. The normalized spacial score (nSPS) is 17.3. The number of nitrogens with one attached hydrogen (secondary N) is 2. The highest BCUT2D eigenvalue weighted by Gasteiger charge is 2.26. The van der Waals surface area contributed by atoms with E-state index in [1.54, 1.807) is 13.3 Å². The molecule has 1 saturated heterocycles. The lowest BCUT2D eigenvalue weighted by Crippen LogP contribution is -2.37. The minimum Gasteiger partial charge on any atom is -0.497 e. The van der Waals surface area contributed by atoms with Crippen molar-refractivity contribution in [3.63, 3.8) is 0 Å². The minimum atomic E-state index is 0.0790. The molecule has 0 bridgehead atoms. The summed E-state index contributed by atoms with van der Waals surface area (Å²) in [5.74, 6) is 3.05. The highest BCUT2D eigenvalue weighted by atomic mass is 16.5. The number of anilines is 1. The molecule has 6 nitrogen and oxygen atoms in total. The molecule has 2 fully saturated rings. The van der Waals surface area contributed by atoms with Crippen molar-refractivity contribution >= 4 is 22.6 Å². The molecule has 2 N–H and O–H groups in total. The summed E-state index contributed by atoms with van der Waals surface area (Å²) in [6.45, 7) is 2.51. The molecule has 0 radical (unpaired) electrons. The van der Waals surface area contributed by atoms with Crippen molar-refractivity contribution in [2.45, 2.75) is 31.6 Å². The van der Waals surface area contributed by atoms with E-state index >= 15 is 0 Å². The maximum atomic E-state index is 12.9. The van der Waals surface area contributed by atoms with Gasteiger partial charge in [-0.25, -0.2) is 4.98 Å². The first-order valence-electron chi connectivity index (χ1n) is 10.9. The number of likely N-dealkylation sites (tertiary alicyclic amines) is 1. The van der Waals surface area contributed by atoms with E-state index in [9.17, 15) is 4.79 Å². The van der Waals surface area contributed by atoms with Gasteiger partial charge in [0.25, 0.3) is 5.91 Å². The first-order valence-corrected chi connectivity index (χ1v) is 10.9. The van der Waals surface area contributed by atoms with E-state index in [2.05, 4.69) is 33.6 Å². The van der Waals surface area contributed by atoms with Gasteiger partial charge in [-0.2, -0.15) is 0 Å². The number of aromatic nitrogens is 2. The Morgan fingerprint density at radius 2 is 2.03 bits per heavy atom. The third-order valence-corrected chi connectivity index (χ3v) is 6.42. The molecule has 3 heterocycles. The lowest BCUT2D eigenvalue weighted by atomic mass is 9.89. The third kappa shape index (κ3) is 3.86. The van der Waals surface area contributed by atoms with Gasteiger partial charge >= 0.3 is 0 Å². The number of piperidine rings is 1. The molecule has 1 aromatic carbocycles. The maximum absolute atomic E-state index is 12.9. The Morgan fingerprint density at radius 3 is 2.73 bits per heavy atom. The molecule has 1 amide bonds. The van der Waals surface area contributed by atoms with E-state index in [-0.39, 0.29) is 5.91 Å². The average Bonchev–Trinajstić information content (AvgIpc) is 3.54. The number of fused-ring (bicyclic) bond motifs is 1. The number of carbonyl (C=O) groups is 1. The van der Waals surface area contributed by atoms with Crippen molar-refractivity contribution in [2.75, 3.05) is 32.1 Å². The zero-order valence-electron chi connectivity index (χ0n) is 17.4. The second-order valence-corrected chi connectivity index (χ2v) is 8.48. The first-order chi connectivity index (χ1) is 14.7. The van der Waals surface area contributed by atoms with Gasteiger partial charge in [-0.3, -0.25) is 4.79 Å². The minimum absolute atomic E-state index is 0.0790. The van der Waals surface area contributed by atoms with Gasteiger partial charge in [-0.1, -0.05) is 0 Å². The number of ether oxygens (including phenoxy) is 1. The Morgan fingerprint density at radius 1 is 1.20 bits per heavy atom. The summed E-state index contributed by atoms with van der Waals surface area (Å²) in [6.07, 6.45) is 8.37. The summed E-state index contributed by atoms with van der Waals surface area (Å²) >= 11 is 0. The molecule has 156 valence electrons. The molecular weight excluding hydrogens is 376 g/mol. The van der Waals surface area contributed by atoms with Crippen LogP contribution < -0.4 is 10.1 Å². The summed E-state index contributed by atoms with van der Waals surface area (Å²) in [6, 6.07) is 9.95. The second kappa shape index (κ2) is 8.01. The van der Waals surface area contributed by atoms with Crippen LogP contribution in [0.1, 0.15) is 47.5 Å². The Balaban J connectivity index is 1.21. The van der Waals surface area contributed by atoms with Crippen LogP contribution in [0, 0.1) is 5.92 Å². The second-order valence-electron chi connectivity index (χ2n) is 8.48. The number of benzene rings is 1. The summed E-state index contributed by atoms with van der Waals surface area (Å²) in [7, 11) is 1.70. The van der Waals surface area contributed by atoms with Crippen molar-refractivity contribution in [1.29, 1.82) is 0 Å². The molecule has 0 spiro atoms. The van der Waals surface area contributed by atoms with E-state index in [1.807, 2.05) is 23.1 Å². The molecule has 2 aromatic heterocycles. The molecule has 0 atom stereocenters. The molecule has 5 rings (SSSR count). The van der Waals surface area contributed by atoms with Gasteiger partial charge in [0.05, 0.1) is 12.7 Å². The van der Waals surface area contributed by atoms with Gasteiger partial charge in [0.2, 0.25) is 0 Å². The summed E-state index contributed by atoms with van der Waals surface area (Å²) in [4.78, 5) is 22.7. The lowest BCUT2D eigenvalue weighted by molar-refractivity contribution is 0.0713. The van der Waals surface area contributed by atoms with Crippen LogP contribution in [0.4, 0.5) is 5.82 Å². The quantitative estimate of drug-likeness (QED) is 0.638. The van der Waals surface area contributed by atoms with Crippen LogP contribution in [0.2, 0.25) is 0 Å². The zero-order valence-corrected chi connectivity index (χ0v) is 17.4. The Kier molecular flexibility index (Phi) is 5.07. The van der Waals surface area contributed by atoms with Crippen LogP contribution in [-0.2, 0) is 0 Å². The fourth-order valence-electron chi connectivity index (χ4n) is 4.36. The summed E-state index contributed by atoms with van der Waals surface area (Å²) in [5.41, 5.74) is 3.12. The predicted molar refractivity (Wildman–Crippen MR) is 118 cm³/mol. The molecule has 3 aromatic rings. The van der Waals surface area contributed by atoms with Crippen molar-refractivity contribution in [2.24, 2.45) is 5.92 Å². The van der Waals surface area contributed by atoms with Gasteiger partial charge in [-0.05, 0) is 73.4 Å². The van der Waals surface area contributed by atoms with E-state index in [1.165, 1.54) is 23.8 Å². The van der Waals surface area contributed by atoms with Gasteiger partial charge in [0, 0.05) is 42.9 Å². The Labute approximate surface area is 176 Å². The number of hydrogen-bond donors (Lipinski definition) is 2. The largest absolute Gasteiger partial charge is 0.497 e.